The monoisotopic (exact) mass is 464 g/mol. The lowest BCUT2D eigenvalue weighted by Crippen LogP contribution is -2.15. The summed E-state index contributed by atoms with van der Waals surface area (Å²) in [6.07, 6.45) is 0.858. The van der Waals surface area contributed by atoms with Crippen LogP contribution in [0.2, 0.25) is 5.02 Å². The number of hydrogen-bond acceptors (Lipinski definition) is 5. The van der Waals surface area contributed by atoms with Gasteiger partial charge in [0, 0.05) is 17.8 Å². The van der Waals surface area contributed by atoms with Crippen molar-refractivity contribution >= 4 is 30.0 Å². The number of aryl methyl sites for hydroxylation is 2. The highest BCUT2D eigenvalue weighted by Gasteiger charge is 2.17. The van der Waals surface area contributed by atoms with E-state index in [9.17, 15) is 9.90 Å². The Morgan fingerprint density at radius 2 is 1.94 bits per heavy atom. The molecule has 2 heterocycles. The predicted octanol–water partition coefficient (Wildman–Crippen LogP) is 4.66. The van der Waals surface area contributed by atoms with Crippen LogP contribution in [-0.4, -0.2) is 58.0 Å². The number of pyridine rings is 1. The summed E-state index contributed by atoms with van der Waals surface area (Å²) >= 11 is 6.32. The lowest BCUT2D eigenvalue weighted by Gasteiger charge is -2.14. The van der Waals surface area contributed by atoms with Crippen molar-refractivity contribution in [3.8, 4) is 22.7 Å². The fraction of sp³-hybridized carbons (Fsp3) is 0.318. The van der Waals surface area contributed by atoms with Gasteiger partial charge in [0.1, 0.15) is 11.4 Å². The van der Waals surface area contributed by atoms with Crippen LogP contribution in [0.25, 0.3) is 16.9 Å². The summed E-state index contributed by atoms with van der Waals surface area (Å²) < 4.78 is 7.63. The molecular weight excluding hydrogens is 439 g/mol. The molecule has 7 nitrogen and oxygen atoms in total. The van der Waals surface area contributed by atoms with Gasteiger partial charge in [-0.1, -0.05) is 17.7 Å². The summed E-state index contributed by atoms with van der Waals surface area (Å²) in [6.45, 7) is 5.27. The zero-order valence-electron chi connectivity index (χ0n) is 17.9. The van der Waals surface area contributed by atoms with Crippen molar-refractivity contribution in [2.45, 2.75) is 20.3 Å². The molecule has 0 saturated carbocycles. The molecule has 0 bridgehead atoms. The molecule has 0 fully saturated rings. The lowest BCUT2D eigenvalue weighted by molar-refractivity contribution is 0.0690. The summed E-state index contributed by atoms with van der Waals surface area (Å²) in [5.74, 6) is -0.556. The topological polar surface area (TPSA) is 80.5 Å². The molecule has 0 aliphatic carbocycles. The van der Waals surface area contributed by atoms with Crippen molar-refractivity contribution in [2.24, 2.45) is 0 Å². The van der Waals surface area contributed by atoms with Crippen LogP contribution in [0.1, 0.15) is 28.3 Å². The second kappa shape index (κ2) is 10.6. The molecule has 0 radical (unpaired) electrons. The predicted molar refractivity (Wildman–Crippen MR) is 124 cm³/mol. The van der Waals surface area contributed by atoms with Crippen LogP contribution in [-0.2, 0) is 0 Å². The zero-order valence-corrected chi connectivity index (χ0v) is 19.5. The number of rotatable bonds is 8. The molecular formula is C22H26Cl2N4O3. The van der Waals surface area contributed by atoms with Gasteiger partial charge in [-0.15, -0.1) is 12.4 Å². The molecule has 31 heavy (non-hydrogen) atoms. The average molecular weight is 465 g/mol. The van der Waals surface area contributed by atoms with E-state index in [-0.39, 0.29) is 18.1 Å². The molecule has 166 valence electrons. The minimum absolute atomic E-state index is 0. The fourth-order valence-corrected chi connectivity index (χ4v) is 3.32. The van der Waals surface area contributed by atoms with Gasteiger partial charge < -0.3 is 14.7 Å². The fourth-order valence-electron chi connectivity index (χ4n) is 3.15. The summed E-state index contributed by atoms with van der Waals surface area (Å²) in [6, 6.07) is 10.5. The number of carbonyl (C=O) groups is 1. The first-order valence-electron chi connectivity index (χ1n) is 9.61. The van der Waals surface area contributed by atoms with E-state index in [1.807, 2.05) is 34.0 Å². The van der Waals surface area contributed by atoms with Crippen LogP contribution in [0.5, 0.6) is 5.75 Å². The third kappa shape index (κ3) is 5.97. The summed E-state index contributed by atoms with van der Waals surface area (Å²) in [5.41, 5.74) is 3.63. The Morgan fingerprint density at radius 1 is 1.19 bits per heavy atom. The molecule has 0 aliphatic heterocycles. The van der Waals surface area contributed by atoms with Gasteiger partial charge >= 0.3 is 5.97 Å². The maximum atomic E-state index is 11.5. The largest absolute Gasteiger partial charge is 0.492 e. The smallest absolute Gasteiger partial charge is 0.354 e. The first kappa shape index (κ1) is 24.7. The number of halogens is 2. The normalized spacial score (nSPS) is 10.8. The Bertz CT molecular complexity index is 1070. The maximum absolute atomic E-state index is 11.5. The third-order valence-corrected chi connectivity index (χ3v) is 4.85. The van der Waals surface area contributed by atoms with E-state index in [0.717, 1.165) is 24.4 Å². The highest BCUT2D eigenvalue weighted by Crippen LogP contribution is 2.33. The molecule has 0 amide bonds. The van der Waals surface area contributed by atoms with Gasteiger partial charge in [-0.05, 0) is 64.7 Å². The van der Waals surface area contributed by atoms with E-state index in [0.29, 0.717) is 34.3 Å². The van der Waals surface area contributed by atoms with Crippen molar-refractivity contribution in [3.05, 3.63) is 58.5 Å². The first-order chi connectivity index (χ1) is 14.3. The van der Waals surface area contributed by atoms with E-state index in [1.54, 1.807) is 28.9 Å². The van der Waals surface area contributed by atoms with Gasteiger partial charge in [0.25, 0.3) is 0 Å². The van der Waals surface area contributed by atoms with Gasteiger partial charge in [0.05, 0.1) is 28.7 Å². The highest BCUT2D eigenvalue weighted by molar-refractivity contribution is 6.32. The van der Waals surface area contributed by atoms with E-state index in [4.69, 9.17) is 16.3 Å². The Balaban J connectivity index is 0.00000341. The van der Waals surface area contributed by atoms with Crippen molar-refractivity contribution in [1.29, 1.82) is 0 Å². The summed E-state index contributed by atoms with van der Waals surface area (Å²) in [7, 11) is 4.02. The van der Waals surface area contributed by atoms with Crippen LogP contribution in [0.15, 0.2) is 36.4 Å². The quantitative estimate of drug-likeness (QED) is 0.488. The van der Waals surface area contributed by atoms with E-state index < -0.39 is 5.97 Å². The van der Waals surface area contributed by atoms with Gasteiger partial charge in [0.15, 0.2) is 0 Å². The number of benzene rings is 1. The summed E-state index contributed by atoms with van der Waals surface area (Å²) in [5, 5.41) is 14.4. The van der Waals surface area contributed by atoms with Gasteiger partial charge in [0.2, 0.25) is 0 Å². The van der Waals surface area contributed by atoms with Crippen LogP contribution < -0.4 is 4.74 Å². The SMILES string of the molecule is Cc1cc(C)n(-c2ccc(C(=O)O)nc2-c2ccc(Cl)c(OCCCN(C)C)c2)n1.Cl. The molecule has 1 aromatic carbocycles. The first-order valence-corrected chi connectivity index (χ1v) is 9.99. The molecule has 0 atom stereocenters. The number of carboxylic acid groups (broad SMARTS) is 1. The standard InChI is InChI=1S/C22H25ClN4O3.ClH/c1-14-12-15(2)27(25-14)19-9-8-18(22(28)29)24-21(19)16-6-7-17(23)20(13-16)30-11-5-10-26(3)4;/h6-9,12-13H,5,10-11H2,1-4H3,(H,28,29);1H. The molecule has 2 aromatic heterocycles. The lowest BCUT2D eigenvalue weighted by atomic mass is 10.1. The Labute approximate surface area is 193 Å². The maximum Gasteiger partial charge on any atom is 0.354 e. The third-order valence-electron chi connectivity index (χ3n) is 4.54. The zero-order chi connectivity index (χ0) is 21.8. The Hall–Kier alpha value is -2.61. The van der Waals surface area contributed by atoms with Crippen LogP contribution in [0.3, 0.4) is 0 Å². The molecule has 9 heteroatoms. The molecule has 0 saturated heterocycles. The minimum atomic E-state index is -1.09. The minimum Gasteiger partial charge on any atom is -0.492 e. The second-order valence-corrected chi connectivity index (χ2v) is 7.77. The van der Waals surface area contributed by atoms with Gasteiger partial charge in [-0.2, -0.15) is 5.10 Å². The van der Waals surface area contributed by atoms with E-state index in [2.05, 4.69) is 15.0 Å². The van der Waals surface area contributed by atoms with Crippen molar-refractivity contribution < 1.29 is 14.6 Å². The number of nitrogens with zero attached hydrogens (tertiary/aromatic N) is 4. The van der Waals surface area contributed by atoms with Crippen LogP contribution in [0, 0.1) is 13.8 Å². The van der Waals surface area contributed by atoms with E-state index >= 15 is 0 Å². The molecule has 0 aliphatic rings. The highest BCUT2D eigenvalue weighted by atomic mass is 35.5. The Morgan fingerprint density at radius 3 is 2.55 bits per heavy atom. The molecule has 0 unspecified atom stereocenters. The van der Waals surface area contributed by atoms with Crippen LogP contribution >= 0.6 is 24.0 Å². The number of carboxylic acids is 1. The number of aromatic carboxylic acids is 1. The summed E-state index contributed by atoms with van der Waals surface area (Å²) in [4.78, 5) is 18.0. The number of aromatic nitrogens is 3. The van der Waals surface area contributed by atoms with Crippen LogP contribution in [0.4, 0.5) is 0 Å². The molecule has 0 spiro atoms. The number of hydrogen-bond donors (Lipinski definition) is 1. The number of ether oxygens (including phenoxy) is 1. The molecule has 1 N–H and O–H groups in total. The Kier molecular flexibility index (Phi) is 8.44. The second-order valence-electron chi connectivity index (χ2n) is 7.36. The van der Waals surface area contributed by atoms with Crippen molar-refractivity contribution in [2.75, 3.05) is 27.2 Å². The van der Waals surface area contributed by atoms with E-state index in [1.165, 1.54) is 6.07 Å². The van der Waals surface area contributed by atoms with Gasteiger partial charge in [-0.3, -0.25) is 0 Å². The van der Waals surface area contributed by atoms with Crippen molar-refractivity contribution in [1.82, 2.24) is 19.7 Å². The average Bonchev–Trinajstić information content (AvgIpc) is 3.03. The van der Waals surface area contributed by atoms with Gasteiger partial charge in [-0.25, -0.2) is 14.5 Å². The molecule has 3 rings (SSSR count). The molecule has 3 aromatic rings. The van der Waals surface area contributed by atoms with Crippen molar-refractivity contribution in [3.63, 3.8) is 0 Å².